The molecule has 1 aromatic heterocycles. The fourth-order valence-corrected chi connectivity index (χ4v) is 4.98. The molecule has 0 aliphatic heterocycles. The Kier molecular flexibility index (Phi) is 2.28. The van der Waals surface area contributed by atoms with Gasteiger partial charge in [0.2, 0.25) is 0 Å². The first-order valence-corrected chi connectivity index (χ1v) is 7.27. The molecule has 0 saturated heterocycles. The Morgan fingerprint density at radius 1 is 1.11 bits per heavy atom. The second-order valence-corrected chi connectivity index (χ2v) is 6.68. The van der Waals surface area contributed by atoms with Gasteiger partial charge in [-0.15, -0.1) is 10.2 Å². The summed E-state index contributed by atoms with van der Waals surface area (Å²) in [4.78, 5) is 1.96. The van der Waals surface area contributed by atoms with Gasteiger partial charge in [-0.1, -0.05) is 0 Å². The van der Waals surface area contributed by atoms with E-state index in [2.05, 4.69) is 15.4 Å². The molecule has 4 saturated carbocycles. The lowest BCUT2D eigenvalue weighted by molar-refractivity contribution is -0.0575. The van der Waals surface area contributed by atoms with E-state index in [9.17, 15) is 0 Å². The van der Waals surface area contributed by atoms with Crippen molar-refractivity contribution < 1.29 is 0 Å². The van der Waals surface area contributed by atoms with Crippen molar-refractivity contribution in [3.8, 4) is 0 Å². The molecule has 5 heteroatoms. The van der Waals surface area contributed by atoms with Crippen LogP contribution in [0.4, 0.5) is 0 Å². The Morgan fingerprint density at radius 3 is 2.28 bits per heavy atom. The maximum Gasteiger partial charge on any atom is 0.176 e. The lowest BCUT2D eigenvalue weighted by Gasteiger charge is -2.55. The second kappa shape index (κ2) is 3.76. The second-order valence-electron chi connectivity index (χ2n) is 6.68. The van der Waals surface area contributed by atoms with E-state index in [1.165, 1.54) is 38.5 Å². The van der Waals surface area contributed by atoms with Crippen LogP contribution in [0.1, 0.15) is 44.3 Å². The highest BCUT2D eigenvalue weighted by Crippen LogP contribution is 2.58. The van der Waals surface area contributed by atoms with E-state index in [-0.39, 0.29) is 5.54 Å². The van der Waals surface area contributed by atoms with Crippen LogP contribution in [-0.2, 0) is 12.0 Å². The molecule has 5 rings (SSSR count). The first-order valence-electron chi connectivity index (χ1n) is 7.27. The Balaban J connectivity index is 1.66. The molecule has 0 spiro atoms. The summed E-state index contributed by atoms with van der Waals surface area (Å²) in [6.45, 7) is 0.604. The molecule has 5 nitrogen and oxygen atoms in total. The summed E-state index contributed by atoms with van der Waals surface area (Å²) in [5, 5.41) is 13.1. The molecule has 1 heterocycles. The summed E-state index contributed by atoms with van der Waals surface area (Å²) in [6.07, 6.45) is 8.91. The fourth-order valence-electron chi connectivity index (χ4n) is 4.98. The zero-order valence-corrected chi connectivity index (χ0v) is 10.8. The Hall–Kier alpha value is -0.970. The third-order valence-corrected chi connectivity index (χ3v) is 5.25. The highest BCUT2D eigenvalue weighted by atomic mass is 15.6. The summed E-state index contributed by atoms with van der Waals surface area (Å²) >= 11 is 0. The number of hydrogen-bond acceptors (Lipinski definition) is 4. The molecule has 2 N–H and O–H groups in total. The van der Waals surface area contributed by atoms with Crippen LogP contribution >= 0.6 is 0 Å². The molecule has 0 atom stereocenters. The minimum atomic E-state index is 0.203. The van der Waals surface area contributed by atoms with Gasteiger partial charge in [0.1, 0.15) is 0 Å². The third kappa shape index (κ3) is 1.53. The minimum Gasteiger partial charge on any atom is -0.330 e. The van der Waals surface area contributed by atoms with Gasteiger partial charge in [0.15, 0.2) is 5.82 Å². The largest absolute Gasteiger partial charge is 0.330 e. The highest BCUT2D eigenvalue weighted by Gasteiger charge is 2.53. The summed E-state index contributed by atoms with van der Waals surface area (Å²) in [5.74, 6) is 3.56. The van der Waals surface area contributed by atoms with E-state index in [1.807, 2.05) is 4.80 Å². The number of rotatable bonds is 3. The smallest absolute Gasteiger partial charge is 0.176 e. The zero-order valence-electron chi connectivity index (χ0n) is 10.8. The van der Waals surface area contributed by atoms with Gasteiger partial charge in [-0.25, -0.2) is 0 Å². The van der Waals surface area contributed by atoms with Crippen molar-refractivity contribution in [1.82, 2.24) is 20.2 Å². The van der Waals surface area contributed by atoms with Crippen LogP contribution in [-0.4, -0.2) is 26.8 Å². The predicted octanol–water partition coefficient (Wildman–Crippen LogP) is 1.10. The lowest BCUT2D eigenvalue weighted by Crippen LogP contribution is -2.52. The van der Waals surface area contributed by atoms with Crippen molar-refractivity contribution in [2.24, 2.45) is 23.5 Å². The van der Waals surface area contributed by atoms with Crippen molar-refractivity contribution in [3.05, 3.63) is 5.82 Å². The Morgan fingerprint density at radius 2 is 1.72 bits per heavy atom. The maximum absolute atomic E-state index is 5.56. The van der Waals surface area contributed by atoms with Crippen LogP contribution in [0.25, 0.3) is 0 Å². The molecule has 4 aliphatic rings. The van der Waals surface area contributed by atoms with Gasteiger partial charge < -0.3 is 5.73 Å². The zero-order chi connectivity index (χ0) is 12.2. The van der Waals surface area contributed by atoms with Crippen LogP contribution in [0.5, 0.6) is 0 Å². The van der Waals surface area contributed by atoms with E-state index < -0.39 is 0 Å². The van der Waals surface area contributed by atoms with Gasteiger partial charge in [0.05, 0.1) is 5.54 Å². The first kappa shape index (κ1) is 10.9. The monoisotopic (exact) mass is 247 g/mol. The van der Waals surface area contributed by atoms with E-state index in [0.717, 1.165) is 30.0 Å². The molecule has 4 bridgehead atoms. The van der Waals surface area contributed by atoms with Gasteiger partial charge in [-0.2, -0.15) is 4.80 Å². The molecule has 98 valence electrons. The van der Waals surface area contributed by atoms with Crippen LogP contribution in [0.15, 0.2) is 0 Å². The van der Waals surface area contributed by atoms with E-state index >= 15 is 0 Å². The van der Waals surface area contributed by atoms with Crippen LogP contribution in [0, 0.1) is 17.8 Å². The van der Waals surface area contributed by atoms with Crippen molar-refractivity contribution in [1.29, 1.82) is 0 Å². The number of hydrogen-bond donors (Lipinski definition) is 1. The first-order chi connectivity index (χ1) is 8.77. The number of nitrogens with zero attached hydrogens (tertiary/aromatic N) is 4. The molecule has 0 unspecified atom stereocenters. The molecule has 1 aromatic rings. The fraction of sp³-hybridized carbons (Fsp3) is 0.923. The Bertz CT molecular complexity index is 417. The average molecular weight is 247 g/mol. The van der Waals surface area contributed by atoms with Gasteiger partial charge in [-0.05, 0) is 68.0 Å². The maximum atomic E-state index is 5.56. The molecule has 0 amide bonds. The SMILES string of the molecule is NCCc1nnn(C23CC4CC(CC(C4)C2)C3)n1. The van der Waals surface area contributed by atoms with Crippen molar-refractivity contribution in [2.45, 2.75) is 50.5 Å². The summed E-state index contributed by atoms with van der Waals surface area (Å²) in [6, 6.07) is 0. The summed E-state index contributed by atoms with van der Waals surface area (Å²) < 4.78 is 0. The summed E-state index contributed by atoms with van der Waals surface area (Å²) in [5.41, 5.74) is 5.76. The van der Waals surface area contributed by atoms with Crippen LogP contribution in [0.3, 0.4) is 0 Å². The third-order valence-electron chi connectivity index (χ3n) is 5.25. The summed E-state index contributed by atoms with van der Waals surface area (Å²) in [7, 11) is 0. The molecule has 4 fully saturated rings. The van der Waals surface area contributed by atoms with Gasteiger partial charge in [0.25, 0.3) is 0 Å². The van der Waals surface area contributed by atoms with E-state index in [1.54, 1.807) is 0 Å². The van der Waals surface area contributed by atoms with E-state index in [4.69, 9.17) is 5.73 Å². The number of aromatic nitrogens is 4. The number of tetrazole rings is 1. The molecular weight excluding hydrogens is 226 g/mol. The van der Waals surface area contributed by atoms with Crippen molar-refractivity contribution >= 4 is 0 Å². The molecular formula is C13H21N5. The minimum absolute atomic E-state index is 0.203. The predicted molar refractivity (Wildman–Crippen MR) is 66.7 cm³/mol. The lowest BCUT2D eigenvalue weighted by atomic mass is 9.53. The standard InChI is InChI=1S/C13H21N5/c14-2-1-12-15-17-18(16-12)13-6-9-3-10(7-13)5-11(4-9)8-13/h9-11H,1-8,14H2. The normalized spacial score (nSPS) is 41.5. The van der Waals surface area contributed by atoms with Crippen LogP contribution in [0.2, 0.25) is 0 Å². The van der Waals surface area contributed by atoms with Crippen molar-refractivity contribution in [3.63, 3.8) is 0 Å². The van der Waals surface area contributed by atoms with Crippen molar-refractivity contribution in [2.75, 3.05) is 6.54 Å². The molecule has 0 radical (unpaired) electrons. The van der Waals surface area contributed by atoms with E-state index in [0.29, 0.717) is 6.54 Å². The highest BCUT2D eigenvalue weighted by molar-refractivity contribution is 5.03. The molecule has 4 aliphatic carbocycles. The molecule has 18 heavy (non-hydrogen) atoms. The number of nitrogens with two attached hydrogens (primary N) is 1. The van der Waals surface area contributed by atoms with Crippen LogP contribution < -0.4 is 5.73 Å². The van der Waals surface area contributed by atoms with Gasteiger partial charge in [0, 0.05) is 6.42 Å². The topological polar surface area (TPSA) is 69.6 Å². The van der Waals surface area contributed by atoms with Gasteiger partial charge >= 0.3 is 0 Å². The molecule has 0 aromatic carbocycles. The van der Waals surface area contributed by atoms with Gasteiger partial charge in [-0.3, -0.25) is 0 Å². The Labute approximate surface area is 107 Å². The average Bonchev–Trinajstić information content (AvgIpc) is 2.77. The quantitative estimate of drug-likeness (QED) is 0.868.